The molecule has 1 saturated heterocycles. The van der Waals surface area contributed by atoms with Crippen molar-refractivity contribution in [2.24, 2.45) is 5.73 Å². The minimum absolute atomic E-state index is 0.0211. The average molecular weight is 402 g/mol. The summed E-state index contributed by atoms with van der Waals surface area (Å²) in [6, 6.07) is 2.21. The van der Waals surface area contributed by atoms with E-state index in [2.05, 4.69) is 9.97 Å². The number of aromatic nitrogens is 2. The number of nitrogens with one attached hydrogen (secondary N) is 1. The first-order chi connectivity index (χ1) is 13.7. The zero-order chi connectivity index (χ0) is 20.8. The first-order valence-electron chi connectivity index (χ1n) is 9.11. The highest BCUT2D eigenvalue weighted by Gasteiger charge is 2.37. The third-order valence-corrected chi connectivity index (χ3v) is 5.08. The number of amides is 1. The number of hydrogen-bond acceptors (Lipinski definition) is 9. The van der Waals surface area contributed by atoms with Gasteiger partial charge in [-0.25, -0.2) is 4.98 Å². The number of carbonyl (C=O) groups excluding carboxylic acids is 2. The molecule has 3 heterocycles. The number of hydrogen-bond donors (Lipinski definition) is 4. The molecule has 0 aliphatic carbocycles. The van der Waals surface area contributed by atoms with Gasteiger partial charge in [-0.3, -0.25) is 4.79 Å². The average Bonchev–Trinajstić information content (AvgIpc) is 3.16. The maximum Gasteiger partial charge on any atom is 0.430 e. The van der Waals surface area contributed by atoms with Crippen molar-refractivity contribution in [2.45, 2.75) is 24.9 Å². The van der Waals surface area contributed by atoms with Gasteiger partial charge in [-0.1, -0.05) is 12.4 Å². The summed E-state index contributed by atoms with van der Waals surface area (Å²) in [5, 5.41) is 31.2. The number of nitrogens with two attached hydrogens (primary N) is 1. The highest BCUT2D eigenvalue weighted by Crippen LogP contribution is 2.38. The molecule has 2 aromatic rings. The first kappa shape index (κ1) is 19.2. The monoisotopic (exact) mass is 402 g/mol. The molecule has 1 atom stereocenters. The summed E-state index contributed by atoms with van der Waals surface area (Å²) in [6.45, 7) is -2.69. The minimum atomic E-state index is -3.14. The van der Waals surface area contributed by atoms with Gasteiger partial charge < -0.3 is 45.0 Å². The summed E-state index contributed by atoms with van der Waals surface area (Å²) in [5.41, 5.74) is 6.54. The van der Waals surface area contributed by atoms with Gasteiger partial charge in [0, 0.05) is 0 Å². The van der Waals surface area contributed by atoms with Gasteiger partial charge in [-0.2, -0.15) is 0 Å². The molecule has 2 aliphatic rings. The summed E-state index contributed by atoms with van der Waals surface area (Å²) in [4.78, 5) is 32.2. The number of nitrogens with zero attached hydrogens (tertiary/aromatic N) is 2. The number of aryl methyl sites for hydroxylation is 1. The Morgan fingerprint density at radius 2 is 2.17 bits per heavy atom. The Hall–Kier alpha value is -3.09. The topological polar surface area (TPSA) is 174 Å². The Morgan fingerprint density at radius 1 is 1.41 bits per heavy atom. The molecular weight excluding hydrogens is 383 g/mol. The lowest BCUT2D eigenvalue weighted by molar-refractivity contribution is -0.255. The lowest BCUT2D eigenvalue weighted by Gasteiger charge is -2.41. The van der Waals surface area contributed by atoms with Gasteiger partial charge >= 0.3 is 6.75 Å². The third-order valence-electron chi connectivity index (χ3n) is 5.08. The molecule has 1 amide bonds. The summed E-state index contributed by atoms with van der Waals surface area (Å²) in [5.74, 6) is -2.05. The number of aromatic amines is 1. The number of ether oxygens (including phenoxy) is 1. The molecule has 1 aromatic carbocycles. The molecule has 0 saturated carbocycles. The quantitative estimate of drug-likeness (QED) is 0.409. The molecule has 1 fully saturated rings. The summed E-state index contributed by atoms with van der Waals surface area (Å²) >= 11 is 0. The normalized spacial score (nSPS) is 18.9. The van der Waals surface area contributed by atoms with Crippen molar-refractivity contribution >= 4 is 18.6 Å². The van der Waals surface area contributed by atoms with Gasteiger partial charge in [0.15, 0.2) is 0 Å². The minimum Gasteiger partial charge on any atom is -0.669 e. The van der Waals surface area contributed by atoms with Crippen LogP contribution in [0.1, 0.15) is 27.7 Å². The molecule has 1 aromatic heterocycles. The van der Waals surface area contributed by atoms with E-state index in [1.165, 1.54) is 23.5 Å². The van der Waals surface area contributed by atoms with Crippen LogP contribution in [-0.2, 0) is 11.2 Å². The van der Waals surface area contributed by atoms with Crippen molar-refractivity contribution in [3.63, 3.8) is 0 Å². The van der Waals surface area contributed by atoms with Crippen molar-refractivity contribution in [3.05, 3.63) is 41.5 Å². The summed E-state index contributed by atoms with van der Waals surface area (Å²) in [6.07, 6.45) is 2.67. The Labute approximate surface area is 165 Å². The highest BCUT2D eigenvalue weighted by molar-refractivity contribution is 6.59. The van der Waals surface area contributed by atoms with Crippen LogP contribution in [0.3, 0.4) is 0 Å². The van der Waals surface area contributed by atoms with E-state index >= 15 is 0 Å². The molecule has 154 valence electrons. The van der Waals surface area contributed by atoms with Crippen molar-refractivity contribution in [3.8, 4) is 11.5 Å². The van der Waals surface area contributed by atoms with E-state index in [1.54, 1.807) is 6.07 Å². The predicted octanol–water partition coefficient (Wildman–Crippen LogP) is -2.08. The molecule has 2 aliphatic heterocycles. The second-order valence-electron chi connectivity index (χ2n) is 7.20. The molecule has 4 rings (SSSR count). The lowest BCUT2D eigenvalue weighted by atomic mass is 9.70. The largest absolute Gasteiger partial charge is 0.669 e. The van der Waals surface area contributed by atoms with E-state index < -0.39 is 24.9 Å². The van der Waals surface area contributed by atoms with Crippen LogP contribution >= 0.6 is 0 Å². The fraction of sp³-hybridized carbons (Fsp3) is 0.353. The van der Waals surface area contributed by atoms with Crippen molar-refractivity contribution in [2.75, 3.05) is 13.1 Å². The van der Waals surface area contributed by atoms with Crippen LogP contribution < -0.4 is 20.2 Å². The van der Waals surface area contributed by atoms with Crippen LogP contribution in [-0.4, -0.2) is 62.7 Å². The van der Waals surface area contributed by atoms with E-state index in [9.17, 15) is 24.7 Å². The molecule has 0 spiro atoms. The summed E-state index contributed by atoms with van der Waals surface area (Å²) in [7, 11) is 0. The van der Waals surface area contributed by atoms with Crippen LogP contribution in [0.2, 0.25) is 6.32 Å². The number of benzene rings is 1. The highest BCUT2D eigenvalue weighted by atomic mass is 16.6. The van der Waals surface area contributed by atoms with Crippen LogP contribution in [0.5, 0.6) is 11.5 Å². The second-order valence-corrected chi connectivity index (χ2v) is 7.20. The van der Waals surface area contributed by atoms with E-state index in [1.807, 2.05) is 0 Å². The number of aromatic carboxylic acids is 1. The molecule has 12 heteroatoms. The van der Waals surface area contributed by atoms with E-state index in [0.29, 0.717) is 11.3 Å². The number of carbonyl (C=O) groups is 2. The van der Waals surface area contributed by atoms with E-state index in [-0.39, 0.29) is 48.8 Å². The maximum atomic E-state index is 12.4. The van der Waals surface area contributed by atoms with Crippen molar-refractivity contribution < 1.29 is 34.1 Å². The van der Waals surface area contributed by atoms with Gasteiger partial charge in [0.05, 0.1) is 48.6 Å². The molecular formula is C17H19BN4O7-2. The van der Waals surface area contributed by atoms with E-state index in [0.717, 1.165) is 0 Å². The summed E-state index contributed by atoms with van der Waals surface area (Å²) < 4.78 is 10.8. The van der Waals surface area contributed by atoms with Gasteiger partial charge in [0.2, 0.25) is 5.91 Å². The number of imidazole rings is 1. The Kier molecular flexibility index (Phi) is 4.69. The van der Waals surface area contributed by atoms with E-state index in [4.69, 9.17) is 15.1 Å². The fourth-order valence-corrected chi connectivity index (χ4v) is 3.46. The number of likely N-dealkylation sites (tertiary alicyclic amines) is 1. The third kappa shape index (κ3) is 3.64. The molecule has 11 nitrogen and oxygen atoms in total. The fourth-order valence-electron chi connectivity index (χ4n) is 3.46. The van der Waals surface area contributed by atoms with Gasteiger partial charge in [-0.05, 0) is 18.1 Å². The van der Waals surface area contributed by atoms with Crippen LogP contribution in [0.25, 0.3) is 0 Å². The zero-order valence-electron chi connectivity index (χ0n) is 15.3. The predicted molar refractivity (Wildman–Crippen MR) is 96.6 cm³/mol. The number of rotatable bonds is 5. The SMILES string of the molecule is NC(C(=O)N1CC(Oc2ccc3c(c2C(=O)[O-])O[B-](O)(O)CC3)C1)c1cnc[nH]1. The number of fused-ring (bicyclic) bond motifs is 1. The zero-order valence-corrected chi connectivity index (χ0v) is 15.3. The van der Waals surface area contributed by atoms with Gasteiger partial charge in [0.25, 0.3) is 0 Å². The molecule has 1 unspecified atom stereocenters. The smallest absolute Gasteiger partial charge is 0.430 e. The molecule has 0 bridgehead atoms. The number of carboxylic acid groups (broad SMARTS) is 1. The lowest BCUT2D eigenvalue weighted by Crippen LogP contribution is -2.58. The van der Waals surface area contributed by atoms with Gasteiger partial charge in [0.1, 0.15) is 17.9 Å². The Morgan fingerprint density at radius 3 is 2.83 bits per heavy atom. The van der Waals surface area contributed by atoms with Crippen molar-refractivity contribution in [1.29, 1.82) is 0 Å². The Balaban J connectivity index is 1.46. The number of H-pyrrole nitrogens is 1. The van der Waals surface area contributed by atoms with Crippen LogP contribution in [0.15, 0.2) is 24.7 Å². The first-order valence-corrected chi connectivity index (χ1v) is 9.11. The maximum absolute atomic E-state index is 12.4. The molecule has 29 heavy (non-hydrogen) atoms. The number of carboxylic acids is 1. The Bertz CT molecular complexity index is 944. The van der Waals surface area contributed by atoms with Crippen LogP contribution in [0.4, 0.5) is 0 Å². The molecule has 0 radical (unpaired) electrons. The standard InChI is InChI=1S/C17H20BN4O7/c19-14(11-5-20-8-21-11)16(23)22-6-10(7-22)28-12-2-1-9-3-4-18(26,27)29-15(9)13(12)17(24)25/h1-2,5,8,10,14,26-27H,3-4,6-7,19H2,(H,20,21)(H,24,25)/q-1/p-1. The van der Waals surface area contributed by atoms with Crippen LogP contribution in [0, 0.1) is 0 Å². The van der Waals surface area contributed by atoms with Gasteiger partial charge in [-0.15, -0.1) is 0 Å². The second kappa shape index (κ2) is 7.06. The van der Waals surface area contributed by atoms with Crippen molar-refractivity contribution in [1.82, 2.24) is 14.9 Å². The molecule has 5 N–H and O–H groups in total.